The number of rotatable bonds is 1. The molecule has 34 valence electrons. The van der Waals surface area contributed by atoms with Crippen molar-refractivity contribution < 1.29 is 76.0 Å². The predicted octanol–water partition coefficient (Wildman–Crippen LogP) is -5.48. The summed E-state index contributed by atoms with van der Waals surface area (Å²) in [5.41, 5.74) is 0. The van der Waals surface area contributed by atoms with Crippen LogP contribution in [-0.4, -0.2) is 12.0 Å². The van der Waals surface area contributed by atoms with E-state index in [1.165, 1.54) is 7.11 Å². The molecule has 0 radical (unpaired) electrons. The monoisotopic (exact) mass is 143 g/mol. The van der Waals surface area contributed by atoms with Crippen LogP contribution in [0.1, 0.15) is 2.85 Å². The molecule has 0 bridgehead atoms. The van der Waals surface area contributed by atoms with Gasteiger partial charge in [0.05, 0.1) is 7.11 Å². The van der Waals surface area contributed by atoms with E-state index in [9.17, 15) is 4.57 Å². The third kappa shape index (κ3) is 18.0. The second-order valence-electron chi connectivity index (χ2n) is 0.420. The van der Waals surface area contributed by atoms with Crippen LogP contribution in [0.15, 0.2) is 0 Å². The number of hydrogen-bond acceptors (Lipinski definition) is 2. The average molecular weight is 143 g/mol. The van der Waals surface area contributed by atoms with Crippen molar-refractivity contribution in [3.8, 4) is 0 Å². The van der Waals surface area contributed by atoms with E-state index < -0.39 is 8.25 Å². The molecule has 0 saturated carbocycles. The second-order valence-corrected chi connectivity index (χ2v) is 1.26. The molecule has 0 fully saturated rings. The van der Waals surface area contributed by atoms with E-state index in [2.05, 4.69) is 4.52 Å². The Balaban J connectivity index is -0.0000000133. The molecule has 0 aromatic carbocycles. The van der Waals surface area contributed by atoms with Crippen LogP contribution in [0.25, 0.3) is 0 Å². The first-order valence-corrected chi connectivity index (χ1v) is 2.10. The quantitative estimate of drug-likeness (QED) is 0.294. The molecule has 0 aromatic rings. The summed E-state index contributed by atoms with van der Waals surface area (Å²) in [5, 5.41) is 0. The Bertz CT molecular complexity index is 55.1. The van der Waals surface area contributed by atoms with Gasteiger partial charge in [0.15, 0.2) is 0 Å². The van der Waals surface area contributed by atoms with E-state index in [0.29, 0.717) is 0 Å². The van der Waals surface area contributed by atoms with Crippen molar-refractivity contribution in [1.29, 1.82) is 0 Å². The molecule has 0 aromatic heterocycles. The molecule has 0 amide bonds. The minimum atomic E-state index is -2.35. The standard InChI is InChI=1S/CH3O3P.2Na.2H/c1-4-5(2)3;;;;/h1H3;;;;/q;2*+1;2*-1/p+1. The summed E-state index contributed by atoms with van der Waals surface area (Å²) < 4.78 is 13.1. The Morgan fingerprint density at radius 3 is 1.86 bits per heavy atom. The Hall–Kier alpha value is 2.02. The maximum atomic E-state index is 9.29. The molecule has 1 N–H and O–H groups in total. The van der Waals surface area contributed by atoms with Crippen molar-refractivity contribution in [3.05, 3.63) is 0 Å². The third-order valence-corrected chi connectivity index (χ3v) is 0.469. The van der Waals surface area contributed by atoms with Crippen molar-refractivity contribution in [2.75, 3.05) is 7.11 Å². The fourth-order valence-corrected chi connectivity index (χ4v) is 0. The fourth-order valence-electron chi connectivity index (χ4n) is 0. The van der Waals surface area contributed by atoms with Gasteiger partial charge in [-0.3, -0.25) is 0 Å². The maximum absolute atomic E-state index is 9.29. The molecular formula is CH6Na2O3P+. The van der Waals surface area contributed by atoms with Crippen LogP contribution < -0.4 is 59.1 Å². The van der Waals surface area contributed by atoms with Gasteiger partial charge in [-0.1, -0.05) is 0 Å². The Kier molecular flexibility index (Phi) is 24.9. The molecule has 0 heterocycles. The molecule has 6 heteroatoms. The van der Waals surface area contributed by atoms with Gasteiger partial charge in [0.25, 0.3) is 0 Å². The van der Waals surface area contributed by atoms with E-state index >= 15 is 0 Å². The van der Waals surface area contributed by atoms with Crippen LogP contribution in [0.5, 0.6) is 0 Å². The zero-order chi connectivity index (χ0) is 4.28. The molecule has 7 heavy (non-hydrogen) atoms. The number of hydrogen-bond donors (Lipinski definition) is 1. The Morgan fingerprint density at radius 2 is 1.86 bits per heavy atom. The molecule has 0 saturated heterocycles. The topological polar surface area (TPSA) is 46.5 Å². The first-order valence-electron chi connectivity index (χ1n) is 0.973. The summed E-state index contributed by atoms with van der Waals surface area (Å²) in [5.74, 6) is 0. The largest absolute Gasteiger partial charge is 1.00 e. The van der Waals surface area contributed by atoms with Gasteiger partial charge in [-0.05, 0) is 0 Å². The van der Waals surface area contributed by atoms with E-state index in [1.807, 2.05) is 0 Å². The van der Waals surface area contributed by atoms with Gasteiger partial charge in [0.2, 0.25) is 0 Å². The Morgan fingerprint density at radius 1 is 1.71 bits per heavy atom. The predicted molar refractivity (Wildman–Crippen MR) is 19.1 cm³/mol. The van der Waals surface area contributed by atoms with Crippen LogP contribution in [0.4, 0.5) is 0 Å². The van der Waals surface area contributed by atoms with Gasteiger partial charge < -0.3 is 2.85 Å². The molecule has 1 atom stereocenters. The summed E-state index contributed by atoms with van der Waals surface area (Å²) in [7, 11) is -1.18. The molecule has 0 aliphatic heterocycles. The van der Waals surface area contributed by atoms with Crippen LogP contribution in [0.2, 0.25) is 0 Å². The van der Waals surface area contributed by atoms with Gasteiger partial charge in [0, 0.05) is 4.57 Å². The zero-order valence-corrected chi connectivity index (χ0v) is 9.61. The van der Waals surface area contributed by atoms with Gasteiger partial charge in [-0.15, -0.1) is 9.42 Å². The van der Waals surface area contributed by atoms with Crippen molar-refractivity contribution in [2.45, 2.75) is 0 Å². The van der Waals surface area contributed by atoms with E-state index in [1.54, 1.807) is 0 Å². The van der Waals surface area contributed by atoms with E-state index in [4.69, 9.17) is 4.89 Å². The molecule has 0 aliphatic rings. The summed E-state index contributed by atoms with van der Waals surface area (Å²) in [4.78, 5) is 7.65. The van der Waals surface area contributed by atoms with Crippen molar-refractivity contribution in [2.24, 2.45) is 0 Å². The van der Waals surface area contributed by atoms with Gasteiger partial charge in [-0.25, -0.2) is 0 Å². The SMILES string of the molecule is CO[P+](=O)O.[H-].[H-].[Na+].[Na+]. The van der Waals surface area contributed by atoms with Crippen LogP contribution in [0, 0.1) is 0 Å². The average Bonchev–Trinajstić information content (AvgIpc) is 1.38. The molecule has 0 rings (SSSR count). The Labute approximate surface area is 90.3 Å². The molecule has 0 aliphatic carbocycles. The second kappa shape index (κ2) is 10.9. The fraction of sp³-hybridized carbons (Fsp3) is 1.00. The summed E-state index contributed by atoms with van der Waals surface area (Å²) in [6.07, 6.45) is 0. The van der Waals surface area contributed by atoms with Crippen LogP contribution >= 0.6 is 8.25 Å². The van der Waals surface area contributed by atoms with E-state index in [-0.39, 0.29) is 62.0 Å². The molecule has 1 unspecified atom stereocenters. The van der Waals surface area contributed by atoms with Gasteiger partial charge >= 0.3 is 67.4 Å². The maximum Gasteiger partial charge on any atom is 1.00 e. The van der Waals surface area contributed by atoms with Crippen LogP contribution in [-0.2, 0) is 9.09 Å². The summed E-state index contributed by atoms with van der Waals surface area (Å²) in [6.45, 7) is 0. The smallest absolute Gasteiger partial charge is 1.00 e. The summed E-state index contributed by atoms with van der Waals surface area (Å²) >= 11 is 0. The van der Waals surface area contributed by atoms with Crippen molar-refractivity contribution in [1.82, 2.24) is 0 Å². The zero-order valence-electron chi connectivity index (χ0n) is 6.71. The molecular weight excluding hydrogens is 137 g/mol. The first-order chi connectivity index (χ1) is 2.27. The van der Waals surface area contributed by atoms with E-state index in [0.717, 1.165) is 0 Å². The summed E-state index contributed by atoms with van der Waals surface area (Å²) in [6, 6.07) is 0. The minimum Gasteiger partial charge on any atom is -1.00 e. The first kappa shape index (κ1) is 16.0. The minimum absolute atomic E-state index is 0. The van der Waals surface area contributed by atoms with Gasteiger partial charge in [-0.2, -0.15) is 0 Å². The molecule has 0 spiro atoms. The third-order valence-electron chi connectivity index (χ3n) is 0.156. The normalized spacial score (nSPS) is 8.00. The van der Waals surface area contributed by atoms with Crippen molar-refractivity contribution in [3.63, 3.8) is 0 Å². The van der Waals surface area contributed by atoms with Crippen LogP contribution in [0.3, 0.4) is 0 Å². The van der Waals surface area contributed by atoms with Crippen molar-refractivity contribution >= 4 is 8.25 Å². The molecule has 3 nitrogen and oxygen atoms in total. The van der Waals surface area contributed by atoms with Gasteiger partial charge in [0.1, 0.15) is 0 Å².